The molecule has 0 saturated heterocycles. The number of aromatic nitrogens is 2. The number of aryl methyl sites for hydroxylation is 1. The van der Waals surface area contributed by atoms with Crippen molar-refractivity contribution in [1.82, 2.24) is 9.97 Å². The third-order valence-corrected chi connectivity index (χ3v) is 2.35. The summed E-state index contributed by atoms with van der Waals surface area (Å²) in [6.07, 6.45) is 6.94. The molecule has 1 aliphatic carbocycles. The van der Waals surface area contributed by atoms with Crippen molar-refractivity contribution in [3.8, 4) is 6.01 Å². The summed E-state index contributed by atoms with van der Waals surface area (Å²) in [4.78, 5) is 8.27. The minimum absolute atomic E-state index is 0.349. The Hall–Kier alpha value is -1.12. The summed E-state index contributed by atoms with van der Waals surface area (Å²) in [6, 6.07) is 2.41. The van der Waals surface area contributed by atoms with Gasteiger partial charge in [0.1, 0.15) is 6.10 Å². The van der Waals surface area contributed by atoms with Gasteiger partial charge in [-0.2, -0.15) is 0 Å². The van der Waals surface area contributed by atoms with Crippen LogP contribution in [0.25, 0.3) is 0 Å². The van der Waals surface area contributed by atoms with Gasteiger partial charge in [-0.05, 0) is 38.7 Å². The Morgan fingerprint density at radius 1 is 1.38 bits per heavy atom. The molecule has 1 heterocycles. The molecule has 2 rings (SSSR count). The van der Waals surface area contributed by atoms with E-state index in [1.807, 2.05) is 13.0 Å². The Morgan fingerprint density at radius 2 is 2.15 bits per heavy atom. The maximum absolute atomic E-state index is 5.63. The summed E-state index contributed by atoms with van der Waals surface area (Å²) in [5, 5.41) is 0. The first-order valence-corrected chi connectivity index (χ1v) is 4.81. The van der Waals surface area contributed by atoms with E-state index in [1.54, 1.807) is 6.20 Å². The van der Waals surface area contributed by atoms with E-state index in [1.165, 1.54) is 12.8 Å². The second-order valence-corrected chi connectivity index (χ2v) is 3.50. The van der Waals surface area contributed by atoms with E-state index >= 15 is 0 Å². The Bertz CT molecular complexity index is 282. The zero-order chi connectivity index (χ0) is 9.10. The first-order chi connectivity index (χ1) is 6.34. The van der Waals surface area contributed by atoms with Crippen LogP contribution in [0.4, 0.5) is 0 Å². The molecule has 0 bridgehead atoms. The predicted octanol–water partition coefficient (Wildman–Crippen LogP) is 2.11. The second kappa shape index (κ2) is 3.73. The van der Waals surface area contributed by atoms with Crippen LogP contribution in [-0.4, -0.2) is 16.1 Å². The predicted molar refractivity (Wildman–Crippen MR) is 49.7 cm³/mol. The standard InChI is InChI=1S/C10H14N2O/c1-8-6-7-11-10(12-8)13-9-4-2-3-5-9/h6-7,9H,2-5H2,1H3. The van der Waals surface area contributed by atoms with E-state index < -0.39 is 0 Å². The molecule has 0 aromatic carbocycles. The summed E-state index contributed by atoms with van der Waals surface area (Å²) >= 11 is 0. The van der Waals surface area contributed by atoms with Crippen molar-refractivity contribution < 1.29 is 4.74 Å². The van der Waals surface area contributed by atoms with Crippen molar-refractivity contribution in [3.05, 3.63) is 18.0 Å². The fourth-order valence-corrected chi connectivity index (χ4v) is 1.64. The van der Waals surface area contributed by atoms with E-state index in [0.717, 1.165) is 18.5 Å². The normalized spacial score (nSPS) is 17.6. The Labute approximate surface area is 78.2 Å². The summed E-state index contributed by atoms with van der Waals surface area (Å²) in [6.45, 7) is 1.95. The van der Waals surface area contributed by atoms with E-state index in [4.69, 9.17) is 4.74 Å². The zero-order valence-electron chi connectivity index (χ0n) is 7.86. The summed E-state index contributed by atoms with van der Waals surface area (Å²) in [5.74, 6) is 0. The van der Waals surface area contributed by atoms with Crippen molar-refractivity contribution in [2.45, 2.75) is 38.7 Å². The van der Waals surface area contributed by atoms with Gasteiger partial charge in [-0.25, -0.2) is 9.97 Å². The monoisotopic (exact) mass is 178 g/mol. The minimum atomic E-state index is 0.349. The van der Waals surface area contributed by atoms with Crippen LogP contribution in [0.15, 0.2) is 12.3 Å². The van der Waals surface area contributed by atoms with Gasteiger partial charge < -0.3 is 4.74 Å². The van der Waals surface area contributed by atoms with E-state index in [-0.39, 0.29) is 0 Å². The largest absolute Gasteiger partial charge is 0.460 e. The molecule has 70 valence electrons. The van der Waals surface area contributed by atoms with Gasteiger partial charge in [0.15, 0.2) is 0 Å². The molecule has 1 fully saturated rings. The van der Waals surface area contributed by atoms with Crippen LogP contribution >= 0.6 is 0 Å². The SMILES string of the molecule is Cc1ccnc(OC2CCCC2)n1. The van der Waals surface area contributed by atoms with Gasteiger partial charge in [0.05, 0.1) is 0 Å². The van der Waals surface area contributed by atoms with Crippen LogP contribution in [-0.2, 0) is 0 Å². The first kappa shape index (κ1) is 8.48. The van der Waals surface area contributed by atoms with Gasteiger partial charge in [0.25, 0.3) is 0 Å². The van der Waals surface area contributed by atoms with Crippen molar-refractivity contribution in [3.63, 3.8) is 0 Å². The lowest BCUT2D eigenvalue weighted by atomic mass is 10.3. The summed E-state index contributed by atoms with van der Waals surface area (Å²) in [5.41, 5.74) is 0.961. The molecule has 3 nitrogen and oxygen atoms in total. The Balaban J connectivity index is 2.00. The average Bonchev–Trinajstić information content (AvgIpc) is 2.57. The summed E-state index contributed by atoms with van der Waals surface area (Å²) in [7, 11) is 0. The molecule has 0 unspecified atom stereocenters. The van der Waals surface area contributed by atoms with E-state index in [2.05, 4.69) is 9.97 Å². The molecule has 13 heavy (non-hydrogen) atoms. The molecule has 1 aromatic heterocycles. The van der Waals surface area contributed by atoms with Crippen molar-refractivity contribution >= 4 is 0 Å². The van der Waals surface area contributed by atoms with E-state index in [9.17, 15) is 0 Å². The lowest BCUT2D eigenvalue weighted by Gasteiger charge is -2.10. The first-order valence-electron chi connectivity index (χ1n) is 4.81. The molecular formula is C10H14N2O. The Kier molecular flexibility index (Phi) is 2.43. The van der Waals surface area contributed by atoms with Crippen LogP contribution in [0.2, 0.25) is 0 Å². The van der Waals surface area contributed by atoms with Crippen LogP contribution in [0.3, 0.4) is 0 Å². The molecule has 1 aliphatic rings. The maximum atomic E-state index is 5.63. The third kappa shape index (κ3) is 2.17. The molecule has 0 aliphatic heterocycles. The molecule has 0 N–H and O–H groups in total. The highest BCUT2D eigenvalue weighted by atomic mass is 16.5. The molecule has 0 atom stereocenters. The van der Waals surface area contributed by atoms with Crippen LogP contribution in [0.5, 0.6) is 6.01 Å². The quantitative estimate of drug-likeness (QED) is 0.695. The highest BCUT2D eigenvalue weighted by molar-refractivity contribution is 5.03. The molecule has 0 amide bonds. The van der Waals surface area contributed by atoms with Gasteiger partial charge in [-0.3, -0.25) is 0 Å². The number of rotatable bonds is 2. The minimum Gasteiger partial charge on any atom is -0.460 e. The maximum Gasteiger partial charge on any atom is 0.316 e. The molecule has 1 aromatic rings. The van der Waals surface area contributed by atoms with Crippen molar-refractivity contribution in [2.75, 3.05) is 0 Å². The molecular weight excluding hydrogens is 164 g/mol. The molecule has 0 radical (unpaired) electrons. The average molecular weight is 178 g/mol. The van der Waals surface area contributed by atoms with Gasteiger partial charge in [0, 0.05) is 11.9 Å². The fraction of sp³-hybridized carbons (Fsp3) is 0.600. The number of ether oxygens (including phenoxy) is 1. The topological polar surface area (TPSA) is 35.0 Å². The fourth-order valence-electron chi connectivity index (χ4n) is 1.64. The Morgan fingerprint density at radius 3 is 2.85 bits per heavy atom. The highest BCUT2D eigenvalue weighted by Gasteiger charge is 2.17. The van der Waals surface area contributed by atoms with Gasteiger partial charge in [-0.1, -0.05) is 0 Å². The van der Waals surface area contributed by atoms with Crippen LogP contribution < -0.4 is 4.74 Å². The summed E-state index contributed by atoms with van der Waals surface area (Å²) < 4.78 is 5.63. The molecule has 3 heteroatoms. The van der Waals surface area contributed by atoms with Crippen molar-refractivity contribution in [1.29, 1.82) is 0 Å². The van der Waals surface area contributed by atoms with Gasteiger partial charge in [0.2, 0.25) is 0 Å². The number of hydrogen-bond acceptors (Lipinski definition) is 3. The van der Waals surface area contributed by atoms with Crippen molar-refractivity contribution in [2.24, 2.45) is 0 Å². The zero-order valence-corrected chi connectivity index (χ0v) is 7.86. The van der Waals surface area contributed by atoms with Gasteiger partial charge >= 0.3 is 6.01 Å². The number of hydrogen-bond donors (Lipinski definition) is 0. The highest BCUT2D eigenvalue weighted by Crippen LogP contribution is 2.21. The van der Waals surface area contributed by atoms with E-state index in [0.29, 0.717) is 12.1 Å². The number of nitrogens with zero attached hydrogens (tertiary/aromatic N) is 2. The lowest BCUT2D eigenvalue weighted by molar-refractivity contribution is 0.192. The van der Waals surface area contributed by atoms with Crippen LogP contribution in [0.1, 0.15) is 31.4 Å². The van der Waals surface area contributed by atoms with Gasteiger partial charge in [-0.15, -0.1) is 0 Å². The lowest BCUT2D eigenvalue weighted by Crippen LogP contribution is -2.12. The molecule has 0 spiro atoms. The smallest absolute Gasteiger partial charge is 0.316 e. The molecule has 1 saturated carbocycles. The van der Waals surface area contributed by atoms with Crippen LogP contribution in [0, 0.1) is 6.92 Å². The third-order valence-electron chi connectivity index (χ3n) is 2.35. The second-order valence-electron chi connectivity index (χ2n) is 3.50.